The van der Waals surface area contributed by atoms with E-state index in [0.717, 1.165) is 5.56 Å². The minimum absolute atomic E-state index is 0.0419. The zero-order valence-corrected chi connectivity index (χ0v) is 44.2. The van der Waals surface area contributed by atoms with Gasteiger partial charge in [0.2, 0.25) is 47.3 Å². The highest BCUT2D eigenvalue weighted by Crippen LogP contribution is 2.46. The fraction of sp³-hybridized carbons (Fsp3) is 0.482. The van der Waals surface area contributed by atoms with Crippen molar-refractivity contribution < 1.29 is 62.1 Å². The summed E-state index contributed by atoms with van der Waals surface area (Å²) in [6, 6.07) is 9.93. The van der Waals surface area contributed by atoms with Crippen molar-refractivity contribution in [1.82, 2.24) is 46.4 Å². The van der Waals surface area contributed by atoms with Crippen molar-refractivity contribution in [2.75, 3.05) is 32.9 Å². The molecule has 2 aliphatic carbocycles. The Bertz CT molecular complexity index is 3220. The number of benzene rings is 2. The number of fused-ring (bicyclic) bond motifs is 5. The number of pyridine rings is 2. The number of rotatable bonds is 23. The molecule has 23 heteroatoms. The summed E-state index contributed by atoms with van der Waals surface area (Å²) >= 11 is 0. The number of unbranched alkanes of at least 4 members (excludes halogenated alkanes) is 2. The number of aromatic nitrogens is 2. The lowest BCUT2D eigenvalue weighted by Crippen LogP contribution is -2.52. The zero-order valence-electron chi connectivity index (χ0n) is 44.2. The Morgan fingerprint density at radius 1 is 0.873 bits per heavy atom. The molecule has 5 atom stereocenters. The number of aliphatic hydroxyl groups is 1. The SMILES string of the molecule is CC[C@@]1(O)C(=O)OCc2c1cc1n(c2=O)Cc2c-1nc1cc(F)c(C)c3c1c2[C@@H](NC(=O)[C@@H](OCNC(=O)CNC(=O)[C@H](Cc1ccccc1)NC(=O)CNC(=O)CNC(=O)CCCCCN1C(=O)CC(C)C1=O)C1CC1)CC3. The molecule has 5 heterocycles. The average molecular weight is 1090 g/mol. The molecule has 0 radical (unpaired) electrons. The van der Waals surface area contributed by atoms with Gasteiger partial charge in [-0.15, -0.1) is 0 Å². The number of carbonyl (C=O) groups is 9. The molecule has 1 saturated carbocycles. The van der Waals surface area contributed by atoms with E-state index in [1.165, 1.54) is 15.5 Å². The first-order valence-corrected chi connectivity index (χ1v) is 26.9. The van der Waals surface area contributed by atoms with Crippen molar-refractivity contribution in [3.8, 4) is 11.4 Å². The molecule has 1 saturated heterocycles. The summed E-state index contributed by atoms with van der Waals surface area (Å²) in [5, 5.41) is 27.9. The van der Waals surface area contributed by atoms with Gasteiger partial charge in [-0.05, 0) is 86.1 Å². The van der Waals surface area contributed by atoms with Crippen molar-refractivity contribution in [3.63, 3.8) is 0 Å². The molecule has 22 nitrogen and oxygen atoms in total. The molecule has 79 heavy (non-hydrogen) atoms. The van der Waals surface area contributed by atoms with Crippen LogP contribution in [0, 0.1) is 24.6 Å². The van der Waals surface area contributed by atoms with Crippen LogP contribution < -0.4 is 37.5 Å². The second-order valence-electron chi connectivity index (χ2n) is 21.0. The monoisotopic (exact) mass is 1090 g/mol. The molecule has 2 fully saturated rings. The van der Waals surface area contributed by atoms with E-state index in [9.17, 15) is 53.1 Å². The molecule has 8 amide bonds. The van der Waals surface area contributed by atoms with Crippen molar-refractivity contribution in [3.05, 3.63) is 97.6 Å². The summed E-state index contributed by atoms with van der Waals surface area (Å²) in [7, 11) is 0. The minimum Gasteiger partial charge on any atom is -0.458 e. The van der Waals surface area contributed by atoms with E-state index in [1.807, 2.05) is 0 Å². The summed E-state index contributed by atoms with van der Waals surface area (Å²) in [6.07, 6.45) is 3.13. The Balaban J connectivity index is 0.772. The molecule has 0 spiro atoms. The summed E-state index contributed by atoms with van der Waals surface area (Å²) in [5.41, 5.74) is 1.97. The third kappa shape index (κ3) is 11.9. The number of halogens is 1. The van der Waals surface area contributed by atoms with Crippen LogP contribution in [-0.4, -0.2) is 118 Å². The van der Waals surface area contributed by atoms with Gasteiger partial charge in [-0.1, -0.05) is 50.6 Å². The maximum absolute atomic E-state index is 15.5. The second kappa shape index (κ2) is 23.6. The normalized spacial score (nSPS) is 19.6. The molecule has 5 aliphatic rings. The van der Waals surface area contributed by atoms with Gasteiger partial charge in [-0.25, -0.2) is 14.2 Å². The van der Waals surface area contributed by atoms with E-state index >= 15 is 4.39 Å². The maximum atomic E-state index is 15.5. The number of likely N-dealkylation sites (tertiary alicyclic amines) is 1. The molecule has 418 valence electrons. The van der Waals surface area contributed by atoms with E-state index in [2.05, 4.69) is 31.9 Å². The summed E-state index contributed by atoms with van der Waals surface area (Å²) < 4.78 is 28.3. The van der Waals surface area contributed by atoms with Gasteiger partial charge in [0, 0.05) is 54.3 Å². The largest absolute Gasteiger partial charge is 0.458 e. The van der Waals surface area contributed by atoms with E-state index in [1.54, 1.807) is 57.2 Å². The maximum Gasteiger partial charge on any atom is 0.343 e. The Hall–Kier alpha value is -7.92. The van der Waals surface area contributed by atoms with Crippen molar-refractivity contribution >= 4 is 64.1 Å². The molecule has 0 bridgehead atoms. The highest BCUT2D eigenvalue weighted by molar-refractivity contribution is 6.03. The number of nitrogens with zero attached hydrogens (tertiary/aromatic N) is 3. The molecule has 1 unspecified atom stereocenters. The molecular formula is C56H64FN9O13. The number of carbonyl (C=O) groups excluding carboxylic acids is 9. The number of aryl methyl sites for hydroxylation is 1. The first kappa shape index (κ1) is 55.8. The molecule has 2 aromatic heterocycles. The van der Waals surface area contributed by atoms with Crippen LogP contribution in [0.3, 0.4) is 0 Å². The fourth-order valence-electron chi connectivity index (χ4n) is 11.0. The minimum atomic E-state index is -2.05. The predicted octanol–water partition coefficient (Wildman–Crippen LogP) is 1.53. The molecular weight excluding hydrogens is 1030 g/mol. The zero-order chi connectivity index (χ0) is 56.3. The third-order valence-electron chi connectivity index (χ3n) is 15.5. The molecule has 3 aliphatic heterocycles. The number of esters is 1. The Kier molecular flexibility index (Phi) is 16.7. The van der Waals surface area contributed by atoms with Crippen molar-refractivity contribution in [2.24, 2.45) is 11.8 Å². The molecule has 7 N–H and O–H groups in total. The van der Waals surface area contributed by atoms with Gasteiger partial charge < -0.3 is 51.0 Å². The Labute approximate surface area is 453 Å². The van der Waals surface area contributed by atoms with Gasteiger partial charge in [0.1, 0.15) is 31.3 Å². The molecule has 9 rings (SSSR count). The highest BCUT2D eigenvalue weighted by Gasteiger charge is 2.46. The summed E-state index contributed by atoms with van der Waals surface area (Å²) in [4.78, 5) is 136. The topological polar surface area (TPSA) is 303 Å². The third-order valence-corrected chi connectivity index (χ3v) is 15.5. The summed E-state index contributed by atoms with van der Waals surface area (Å²) in [6.45, 7) is 3.23. The van der Waals surface area contributed by atoms with Crippen molar-refractivity contribution in [2.45, 2.75) is 128 Å². The van der Waals surface area contributed by atoms with Crippen LogP contribution >= 0.6 is 0 Å². The number of nitrogens with one attached hydrogen (secondary N) is 6. The number of hydrogen-bond acceptors (Lipinski definition) is 14. The molecule has 4 aromatic rings. The number of ether oxygens (including phenoxy) is 2. The van der Waals surface area contributed by atoms with Crippen molar-refractivity contribution in [1.29, 1.82) is 0 Å². The smallest absolute Gasteiger partial charge is 0.343 e. The van der Waals surface area contributed by atoms with Crippen LogP contribution in [0.4, 0.5) is 4.39 Å². The van der Waals surface area contributed by atoms with Crippen LogP contribution in [0.25, 0.3) is 22.3 Å². The number of amides is 8. The lowest BCUT2D eigenvalue weighted by Gasteiger charge is -2.31. The van der Waals surface area contributed by atoms with E-state index in [-0.39, 0.29) is 79.5 Å². The number of cyclic esters (lactones) is 1. The van der Waals surface area contributed by atoms with Crippen LogP contribution in [-0.2, 0) is 84.2 Å². The number of imide groups is 1. The Morgan fingerprint density at radius 3 is 2.32 bits per heavy atom. The average Bonchev–Trinajstić information content (AvgIpc) is 3.99. The standard InChI is InChI=1S/C56H64FN9O13/c1-4-56(77)36-21-41-49-34(26-66(41)54(75)35(36)27-78-55(56)76)48-38(17-16-33-30(3)37(57)22-39(63-49)47(33)48)64-52(73)50(32-14-15-32)79-28-61-44(69)24-60-51(72)40(20-31-11-7-5-8-12-31)62-45(70)25-59-43(68)23-58-42(67)13-9-6-10-18-65-46(71)19-29(2)53(65)74/h5,7-8,11-12,21-22,29,32,38,40,50,77H,4,6,9-10,13-20,23-28H2,1-3H3,(H,58,67)(H,59,68)(H,60,72)(H,61,69)(H,62,70)(H,64,73)/t29?,38-,40-,50-,56-/m0/s1. The Morgan fingerprint density at radius 2 is 1.59 bits per heavy atom. The lowest BCUT2D eigenvalue weighted by molar-refractivity contribution is -0.172. The van der Waals surface area contributed by atoms with Gasteiger partial charge in [-0.2, -0.15) is 0 Å². The fourth-order valence-corrected chi connectivity index (χ4v) is 11.0. The highest BCUT2D eigenvalue weighted by atomic mass is 19.1. The van der Waals surface area contributed by atoms with Crippen LogP contribution in [0.5, 0.6) is 0 Å². The summed E-state index contributed by atoms with van der Waals surface area (Å²) in [5.74, 6) is -5.72. The van der Waals surface area contributed by atoms with Crippen LogP contribution in [0.2, 0.25) is 0 Å². The van der Waals surface area contributed by atoms with E-state index < -0.39 is 97.0 Å². The number of hydrogen-bond donors (Lipinski definition) is 7. The van der Waals surface area contributed by atoms with E-state index in [4.69, 9.17) is 14.5 Å². The van der Waals surface area contributed by atoms with Gasteiger partial charge in [-0.3, -0.25) is 48.1 Å². The van der Waals surface area contributed by atoms with Crippen LogP contribution in [0.15, 0.2) is 47.3 Å². The van der Waals surface area contributed by atoms with Crippen LogP contribution in [0.1, 0.15) is 117 Å². The van der Waals surface area contributed by atoms with Gasteiger partial charge in [0.05, 0.1) is 54.7 Å². The van der Waals surface area contributed by atoms with E-state index in [0.29, 0.717) is 96.0 Å². The second-order valence-corrected chi connectivity index (χ2v) is 21.0. The first-order chi connectivity index (χ1) is 37.9. The van der Waals surface area contributed by atoms with Gasteiger partial charge in [0.15, 0.2) is 5.60 Å². The lowest BCUT2D eigenvalue weighted by atomic mass is 9.81. The quantitative estimate of drug-likeness (QED) is 0.0211. The first-order valence-electron chi connectivity index (χ1n) is 26.9. The van der Waals surface area contributed by atoms with Gasteiger partial charge in [0.25, 0.3) is 5.56 Å². The predicted molar refractivity (Wildman–Crippen MR) is 279 cm³/mol. The van der Waals surface area contributed by atoms with Gasteiger partial charge >= 0.3 is 5.97 Å². The molecule has 2 aromatic carbocycles.